The molecular weight excluding hydrogens is 278 g/mol. The van der Waals surface area contributed by atoms with Gasteiger partial charge in [0, 0.05) is 6.04 Å². The van der Waals surface area contributed by atoms with Crippen molar-refractivity contribution in [2.45, 2.75) is 106 Å². The van der Waals surface area contributed by atoms with Crippen molar-refractivity contribution in [3.8, 4) is 0 Å². The van der Waals surface area contributed by atoms with E-state index in [1.165, 1.54) is 44.9 Å². The van der Waals surface area contributed by atoms with E-state index in [2.05, 4.69) is 74.4 Å². The van der Waals surface area contributed by atoms with E-state index in [0.29, 0.717) is 10.8 Å². The minimum atomic E-state index is 0.423. The van der Waals surface area contributed by atoms with Gasteiger partial charge in [-0.25, -0.2) is 0 Å². The van der Waals surface area contributed by atoms with Crippen molar-refractivity contribution in [1.29, 1.82) is 0 Å². The number of unbranched alkanes of at least 4 members (excludes halogenated alkanes) is 1. The highest BCUT2D eigenvalue weighted by molar-refractivity contribution is 4.92. The van der Waals surface area contributed by atoms with Gasteiger partial charge in [-0.15, -0.1) is 0 Å². The second-order valence-corrected chi connectivity index (χ2v) is 9.40. The molecule has 0 aliphatic carbocycles. The van der Waals surface area contributed by atoms with Crippen molar-refractivity contribution in [2.75, 3.05) is 14.1 Å². The molecule has 0 aliphatic rings. The highest BCUT2D eigenvalue weighted by Crippen LogP contribution is 2.51. The van der Waals surface area contributed by atoms with Crippen LogP contribution in [0, 0.1) is 22.7 Å². The van der Waals surface area contributed by atoms with E-state index in [-0.39, 0.29) is 0 Å². The lowest BCUT2D eigenvalue weighted by molar-refractivity contribution is 0.00873. The van der Waals surface area contributed by atoms with Crippen LogP contribution in [0.15, 0.2) is 0 Å². The van der Waals surface area contributed by atoms with E-state index in [1.807, 2.05) is 0 Å². The Morgan fingerprint density at radius 2 is 1.39 bits per heavy atom. The fourth-order valence-corrected chi connectivity index (χ4v) is 4.50. The average molecular weight is 326 g/mol. The smallest absolute Gasteiger partial charge is 0.0115 e. The SMILES string of the molecule is CCCCC([C@@H](C)CCC(C)(C(C)C)C(C)(C)CCC)N(C)C. The lowest BCUT2D eigenvalue weighted by atomic mass is 9.56. The van der Waals surface area contributed by atoms with Gasteiger partial charge in [0.2, 0.25) is 0 Å². The summed E-state index contributed by atoms with van der Waals surface area (Å²) in [7, 11) is 4.53. The van der Waals surface area contributed by atoms with Crippen molar-refractivity contribution >= 4 is 0 Å². The van der Waals surface area contributed by atoms with E-state index >= 15 is 0 Å². The molecule has 1 nitrogen and oxygen atoms in total. The van der Waals surface area contributed by atoms with Crippen LogP contribution in [0.5, 0.6) is 0 Å². The van der Waals surface area contributed by atoms with E-state index in [0.717, 1.165) is 17.9 Å². The van der Waals surface area contributed by atoms with E-state index in [1.54, 1.807) is 0 Å². The van der Waals surface area contributed by atoms with E-state index in [4.69, 9.17) is 0 Å². The number of nitrogens with zero attached hydrogens (tertiary/aromatic N) is 1. The van der Waals surface area contributed by atoms with Crippen LogP contribution in [0.2, 0.25) is 0 Å². The molecule has 0 saturated carbocycles. The zero-order valence-electron chi connectivity index (χ0n) is 18.1. The molecule has 0 fully saturated rings. The minimum absolute atomic E-state index is 0.423. The average Bonchev–Trinajstić information content (AvgIpc) is 2.44. The first-order valence-corrected chi connectivity index (χ1v) is 10.2. The molecule has 0 heterocycles. The van der Waals surface area contributed by atoms with Crippen LogP contribution >= 0.6 is 0 Å². The van der Waals surface area contributed by atoms with Crippen LogP contribution in [0.4, 0.5) is 0 Å². The fraction of sp³-hybridized carbons (Fsp3) is 1.00. The Bertz CT molecular complexity index is 305. The third kappa shape index (κ3) is 6.40. The minimum Gasteiger partial charge on any atom is -0.306 e. The molecule has 0 saturated heterocycles. The molecule has 0 radical (unpaired) electrons. The topological polar surface area (TPSA) is 3.24 Å². The fourth-order valence-electron chi connectivity index (χ4n) is 4.50. The molecule has 23 heavy (non-hydrogen) atoms. The van der Waals surface area contributed by atoms with Gasteiger partial charge in [-0.2, -0.15) is 0 Å². The Kier molecular flexibility index (Phi) is 10.0. The van der Waals surface area contributed by atoms with Gasteiger partial charge in [-0.05, 0) is 62.4 Å². The molecule has 0 bridgehead atoms. The molecule has 0 aliphatic heterocycles. The molecule has 0 aromatic carbocycles. The van der Waals surface area contributed by atoms with E-state index in [9.17, 15) is 0 Å². The second-order valence-electron chi connectivity index (χ2n) is 9.40. The zero-order chi connectivity index (χ0) is 18.3. The first-order valence-electron chi connectivity index (χ1n) is 10.2. The Balaban J connectivity index is 4.97. The van der Waals surface area contributed by atoms with Gasteiger partial charge >= 0.3 is 0 Å². The summed E-state index contributed by atoms with van der Waals surface area (Å²) in [5.74, 6) is 1.52. The first-order chi connectivity index (χ1) is 10.5. The Labute approximate surface area is 148 Å². The molecular formula is C22H47N. The summed E-state index contributed by atoms with van der Waals surface area (Å²) in [6.45, 7) is 19.5. The lowest BCUT2D eigenvalue weighted by Gasteiger charge is -2.49. The summed E-state index contributed by atoms with van der Waals surface area (Å²) >= 11 is 0. The molecule has 0 spiro atoms. The summed E-state index contributed by atoms with van der Waals surface area (Å²) < 4.78 is 0. The predicted molar refractivity (Wildman–Crippen MR) is 107 cm³/mol. The van der Waals surface area contributed by atoms with Crippen LogP contribution in [0.25, 0.3) is 0 Å². The van der Waals surface area contributed by atoms with Crippen molar-refractivity contribution < 1.29 is 0 Å². The maximum atomic E-state index is 2.55. The molecule has 3 atom stereocenters. The summed E-state index contributed by atoms with van der Waals surface area (Å²) in [6, 6.07) is 0.737. The Morgan fingerprint density at radius 3 is 1.78 bits per heavy atom. The van der Waals surface area contributed by atoms with Crippen LogP contribution in [-0.4, -0.2) is 25.0 Å². The predicted octanol–water partition coefficient (Wildman–Crippen LogP) is 7.01. The molecule has 0 rings (SSSR count). The van der Waals surface area contributed by atoms with Gasteiger partial charge < -0.3 is 4.90 Å². The second kappa shape index (κ2) is 10.1. The monoisotopic (exact) mass is 325 g/mol. The van der Waals surface area contributed by atoms with Gasteiger partial charge in [0.1, 0.15) is 0 Å². The first kappa shape index (κ1) is 23.0. The third-order valence-electron chi connectivity index (χ3n) is 6.99. The molecule has 0 aromatic heterocycles. The highest BCUT2D eigenvalue weighted by atomic mass is 15.1. The summed E-state index contributed by atoms with van der Waals surface area (Å²) in [6.07, 6.45) is 9.36. The normalized spacial score (nSPS) is 18.3. The number of rotatable bonds is 12. The Morgan fingerprint density at radius 1 is 0.826 bits per heavy atom. The number of hydrogen-bond acceptors (Lipinski definition) is 1. The maximum absolute atomic E-state index is 2.55. The molecule has 140 valence electrons. The maximum Gasteiger partial charge on any atom is 0.0115 e. The standard InChI is InChI=1S/C22H47N/c1-11-13-14-20(23(9)10)19(5)15-17-22(8,18(3)4)21(6,7)16-12-2/h18-20H,11-17H2,1-10H3/t19-,20?,22?/m0/s1. The van der Waals surface area contributed by atoms with Gasteiger partial charge in [0.15, 0.2) is 0 Å². The van der Waals surface area contributed by atoms with Crippen molar-refractivity contribution in [3.63, 3.8) is 0 Å². The third-order valence-corrected chi connectivity index (χ3v) is 6.99. The zero-order valence-corrected chi connectivity index (χ0v) is 18.1. The highest BCUT2D eigenvalue weighted by Gasteiger charge is 2.42. The van der Waals surface area contributed by atoms with Gasteiger partial charge in [-0.3, -0.25) is 0 Å². The molecule has 0 aromatic rings. The van der Waals surface area contributed by atoms with Gasteiger partial charge in [0.25, 0.3) is 0 Å². The molecule has 1 heteroatoms. The molecule has 0 N–H and O–H groups in total. The van der Waals surface area contributed by atoms with E-state index < -0.39 is 0 Å². The van der Waals surface area contributed by atoms with Gasteiger partial charge in [0.05, 0.1) is 0 Å². The molecule has 0 amide bonds. The van der Waals surface area contributed by atoms with Crippen LogP contribution < -0.4 is 0 Å². The number of hydrogen-bond donors (Lipinski definition) is 0. The van der Waals surface area contributed by atoms with Crippen LogP contribution in [0.3, 0.4) is 0 Å². The van der Waals surface area contributed by atoms with Gasteiger partial charge in [-0.1, -0.05) is 74.7 Å². The summed E-state index contributed by atoms with van der Waals surface area (Å²) in [5.41, 5.74) is 0.853. The lowest BCUT2D eigenvalue weighted by Crippen LogP contribution is -2.41. The van der Waals surface area contributed by atoms with Crippen molar-refractivity contribution in [1.82, 2.24) is 4.90 Å². The van der Waals surface area contributed by atoms with Crippen molar-refractivity contribution in [3.05, 3.63) is 0 Å². The van der Waals surface area contributed by atoms with Crippen LogP contribution in [-0.2, 0) is 0 Å². The summed E-state index contributed by atoms with van der Waals surface area (Å²) in [5, 5.41) is 0. The van der Waals surface area contributed by atoms with Crippen LogP contribution in [0.1, 0.15) is 100 Å². The largest absolute Gasteiger partial charge is 0.306 e. The Hall–Kier alpha value is -0.0400. The quantitative estimate of drug-likeness (QED) is 0.373. The van der Waals surface area contributed by atoms with Crippen molar-refractivity contribution in [2.24, 2.45) is 22.7 Å². The summed E-state index contributed by atoms with van der Waals surface area (Å²) in [4.78, 5) is 2.46. The molecule has 2 unspecified atom stereocenters.